The van der Waals surface area contributed by atoms with Crippen molar-refractivity contribution in [2.24, 2.45) is 11.8 Å². The van der Waals surface area contributed by atoms with E-state index in [0.29, 0.717) is 12.1 Å². The van der Waals surface area contributed by atoms with Crippen LogP contribution in [0, 0.1) is 11.8 Å². The van der Waals surface area contributed by atoms with Crippen molar-refractivity contribution in [1.82, 2.24) is 4.90 Å². The van der Waals surface area contributed by atoms with E-state index in [4.69, 9.17) is 0 Å². The quantitative estimate of drug-likeness (QED) is 0.365. The summed E-state index contributed by atoms with van der Waals surface area (Å²) in [5.74, 6) is 0.699. The van der Waals surface area contributed by atoms with Crippen molar-refractivity contribution in [3.8, 4) is 11.5 Å². The maximum atomic E-state index is 12.6. The van der Waals surface area contributed by atoms with Gasteiger partial charge in [-0.3, -0.25) is 4.79 Å². The average Bonchev–Trinajstić information content (AvgIpc) is 3.55. The van der Waals surface area contributed by atoms with Crippen molar-refractivity contribution in [2.45, 2.75) is 84.6 Å². The van der Waals surface area contributed by atoms with Gasteiger partial charge in [-0.15, -0.1) is 0 Å². The first-order valence-corrected chi connectivity index (χ1v) is 11.9. The number of benzene rings is 1. The first-order chi connectivity index (χ1) is 14.7. The first-order valence-electron chi connectivity index (χ1n) is 11.9. The number of carbonyl (C=O) groups excluding carboxylic acids is 1. The Morgan fingerprint density at radius 3 is 2.55 bits per heavy atom. The van der Waals surface area contributed by atoms with E-state index in [1.54, 1.807) is 4.90 Å². The molecule has 4 heteroatoms. The molecular formula is C27H39NO3. The third kappa shape index (κ3) is 5.34. The molecule has 0 saturated heterocycles. The van der Waals surface area contributed by atoms with Gasteiger partial charge in [-0.25, -0.2) is 0 Å². The number of carbonyl (C=O) groups is 1. The highest BCUT2D eigenvalue weighted by molar-refractivity contribution is 5.81. The van der Waals surface area contributed by atoms with Gasteiger partial charge < -0.3 is 15.1 Å². The van der Waals surface area contributed by atoms with Gasteiger partial charge in [-0.05, 0) is 69.9 Å². The van der Waals surface area contributed by atoms with Gasteiger partial charge in [0.15, 0.2) is 0 Å². The van der Waals surface area contributed by atoms with Crippen molar-refractivity contribution in [1.29, 1.82) is 0 Å². The fourth-order valence-electron chi connectivity index (χ4n) is 4.92. The number of hydrogen-bond donors (Lipinski definition) is 2. The largest absolute Gasteiger partial charge is 0.507 e. The van der Waals surface area contributed by atoms with Crippen LogP contribution in [-0.2, 0) is 17.8 Å². The van der Waals surface area contributed by atoms with Crippen LogP contribution < -0.4 is 0 Å². The Balaban J connectivity index is 2.04. The highest BCUT2D eigenvalue weighted by Gasteiger charge is 2.34. The Bertz CT molecular complexity index is 866. The topological polar surface area (TPSA) is 60.8 Å². The van der Waals surface area contributed by atoms with Crippen LogP contribution in [0.3, 0.4) is 0 Å². The Kier molecular flexibility index (Phi) is 7.51. The molecule has 0 radical (unpaired) electrons. The van der Waals surface area contributed by atoms with Gasteiger partial charge in [0.1, 0.15) is 11.5 Å². The lowest BCUT2D eigenvalue weighted by Crippen LogP contribution is -2.28. The molecule has 0 heterocycles. The SMILES string of the molecule is C=C(C)C1CCC(C)=CC1c1c(O)cc(CCCCC)c(CN(C)C(=O)C2CC2)c1O. The summed E-state index contributed by atoms with van der Waals surface area (Å²) in [7, 11) is 1.82. The Morgan fingerprint density at radius 1 is 1.23 bits per heavy atom. The number of allylic oxidation sites excluding steroid dienone is 3. The highest BCUT2D eigenvalue weighted by Crippen LogP contribution is 2.48. The number of aromatic hydroxyl groups is 2. The summed E-state index contributed by atoms with van der Waals surface area (Å²) in [6.45, 7) is 10.9. The zero-order valence-corrected chi connectivity index (χ0v) is 19.7. The fourth-order valence-corrected chi connectivity index (χ4v) is 4.92. The summed E-state index contributed by atoms with van der Waals surface area (Å²) in [5.41, 5.74) is 4.68. The van der Waals surface area contributed by atoms with Gasteiger partial charge in [0.2, 0.25) is 5.91 Å². The molecule has 1 saturated carbocycles. The molecule has 0 bridgehead atoms. The van der Waals surface area contributed by atoms with Gasteiger partial charge in [-0.1, -0.05) is 43.6 Å². The number of hydrogen-bond acceptors (Lipinski definition) is 3. The van der Waals surface area contributed by atoms with Crippen LogP contribution in [0.1, 0.15) is 88.3 Å². The summed E-state index contributed by atoms with van der Waals surface area (Å²) in [6.07, 6.45) is 10.1. The van der Waals surface area contributed by atoms with Crippen molar-refractivity contribution in [2.75, 3.05) is 7.05 Å². The molecule has 1 fully saturated rings. The third-order valence-electron chi connectivity index (χ3n) is 6.98. The van der Waals surface area contributed by atoms with Crippen LogP contribution in [0.2, 0.25) is 0 Å². The smallest absolute Gasteiger partial charge is 0.225 e. The van der Waals surface area contributed by atoms with E-state index in [2.05, 4.69) is 26.5 Å². The Labute approximate surface area is 187 Å². The molecule has 2 aliphatic rings. The van der Waals surface area contributed by atoms with Crippen molar-refractivity contribution < 1.29 is 15.0 Å². The minimum Gasteiger partial charge on any atom is -0.507 e. The molecule has 31 heavy (non-hydrogen) atoms. The molecule has 4 nitrogen and oxygen atoms in total. The first kappa shape index (κ1) is 23.4. The second kappa shape index (κ2) is 9.93. The molecule has 1 aromatic rings. The fraction of sp³-hybridized carbons (Fsp3) is 0.593. The predicted molar refractivity (Wildman–Crippen MR) is 126 cm³/mol. The van der Waals surface area contributed by atoms with Gasteiger partial charge in [0.05, 0.1) is 0 Å². The molecule has 2 aliphatic carbocycles. The van der Waals surface area contributed by atoms with Crippen LogP contribution in [-0.4, -0.2) is 28.1 Å². The number of aryl methyl sites for hydroxylation is 1. The van der Waals surface area contributed by atoms with Crippen LogP contribution in [0.4, 0.5) is 0 Å². The lowest BCUT2D eigenvalue weighted by atomic mass is 9.73. The van der Waals surface area contributed by atoms with Gasteiger partial charge in [0.25, 0.3) is 0 Å². The molecule has 1 aromatic carbocycles. The monoisotopic (exact) mass is 425 g/mol. The molecule has 2 atom stereocenters. The van der Waals surface area contributed by atoms with Crippen LogP contribution in [0.5, 0.6) is 11.5 Å². The summed E-state index contributed by atoms with van der Waals surface area (Å²) in [4.78, 5) is 14.3. The van der Waals surface area contributed by atoms with Crippen LogP contribution in [0.15, 0.2) is 29.9 Å². The van der Waals surface area contributed by atoms with E-state index in [1.165, 1.54) is 5.57 Å². The molecule has 170 valence electrons. The average molecular weight is 426 g/mol. The summed E-state index contributed by atoms with van der Waals surface area (Å²) < 4.78 is 0. The van der Waals surface area contributed by atoms with E-state index >= 15 is 0 Å². The molecule has 0 aromatic heterocycles. The van der Waals surface area contributed by atoms with E-state index in [0.717, 1.165) is 68.1 Å². The zero-order valence-electron chi connectivity index (χ0n) is 19.7. The lowest BCUT2D eigenvalue weighted by molar-refractivity contribution is -0.131. The maximum absolute atomic E-state index is 12.6. The minimum atomic E-state index is -0.0980. The van der Waals surface area contributed by atoms with E-state index in [-0.39, 0.29) is 35.2 Å². The summed E-state index contributed by atoms with van der Waals surface area (Å²) in [5, 5.41) is 22.5. The van der Waals surface area contributed by atoms with Crippen molar-refractivity contribution >= 4 is 5.91 Å². The standard InChI is InChI=1S/C27H39NO3/c1-6-7-8-9-20-15-24(29)25(22-14-18(4)10-13-21(22)17(2)3)26(30)23(20)16-28(5)27(31)19-11-12-19/h14-15,19,21-22,29-30H,2,6-13,16H2,1,3-5H3. The molecule has 0 spiro atoms. The zero-order chi connectivity index (χ0) is 22.7. The third-order valence-corrected chi connectivity index (χ3v) is 6.98. The molecule has 0 aliphatic heterocycles. The van der Waals surface area contributed by atoms with Gasteiger partial charge in [0, 0.05) is 36.6 Å². The number of nitrogens with zero attached hydrogens (tertiary/aromatic N) is 1. The molecule has 3 rings (SSSR count). The molecule has 2 N–H and O–H groups in total. The van der Waals surface area contributed by atoms with E-state index < -0.39 is 0 Å². The number of rotatable bonds is 9. The Morgan fingerprint density at radius 2 is 1.94 bits per heavy atom. The second-order valence-electron chi connectivity index (χ2n) is 9.75. The molecular weight excluding hydrogens is 386 g/mol. The Hall–Kier alpha value is -2.23. The summed E-state index contributed by atoms with van der Waals surface area (Å²) >= 11 is 0. The van der Waals surface area contributed by atoms with Crippen molar-refractivity contribution in [3.05, 3.63) is 46.6 Å². The number of phenolic OH excluding ortho intramolecular Hbond substituents is 2. The lowest BCUT2D eigenvalue weighted by Gasteiger charge is -2.32. The van der Waals surface area contributed by atoms with Crippen molar-refractivity contribution in [3.63, 3.8) is 0 Å². The molecule has 1 amide bonds. The van der Waals surface area contributed by atoms with Crippen LogP contribution >= 0.6 is 0 Å². The van der Waals surface area contributed by atoms with E-state index in [1.807, 2.05) is 20.0 Å². The van der Waals surface area contributed by atoms with E-state index in [9.17, 15) is 15.0 Å². The normalized spacial score (nSPS) is 21.0. The number of phenols is 2. The molecule has 2 unspecified atom stereocenters. The second-order valence-corrected chi connectivity index (χ2v) is 9.75. The van der Waals surface area contributed by atoms with Crippen LogP contribution in [0.25, 0.3) is 0 Å². The number of amides is 1. The predicted octanol–water partition coefficient (Wildman–Crippen LogP) is 6.21. The highest BCUT2D eigenvalue weighted by atomic mass is 16.3. The van der Waals surface area contributed by atoms with Gasteiger partial charge >= 0.3 is 0 Å². The van der Waals surface area contributed by atoms with Gasteiger partial charge in [-0.2, -0.15) is 0 Å². The minimum absolute atomic E-state index is 0.0980. The number of unbranched alkanes of at least 4 members (excludes halogenated alkanes) is 2. The maximum Gasteiger partial charge on any atom is 0.225 e. The summed E-state index contributed by atoms with van der Waals surface area (Å²) in [6, 6.07) is 1.84.